The highest BCUT2D eigenvalue weighted by Gasteiger charge is 2.16. The van der Waals surface area contributed by atoms with Gasteiger partial charge in [-0.2, -0.15) is 0 Å². The van der Waals surface area contributed by atoms with Gasteiger partial charge in [-0.3, -0.25) is 4.98 Å². The van der Waals surface area contributed by atoms with Crippen molar-refractivity contribution in [1.29, 1.82) is 0 Å². The van der Waals surface area contributed by atoms with E-state index in [9.17, 15) is 0 Å². The maximum atomic E-state index is 5.84. The first-order valence-electron chi connectivity index (χ1n) is 6.52. The first kappa shape index (κ1) is 11.6. The van der Waals surface area contributed by atoms with Crippen LogP contribution in [-0.4, -0.2) is 24.7 Å². The Bertz CT molecular complexity index is 545. The van der Waals surface area contributed by atoms with Crippen molar-refractivity contribution in [1.82, 2.24) is 10.3 Å². The lowest BCUT2D eigenvalue weighted by atomic mass is 10.1. The van der Waals surface area contributed by atoms with Crippen LogP contribution in [0.25, 0.3) is 10.9 Å². The highest BCUT2D eigenvalue weighted by atomic mass is 16.5. The Hall–Kier alpha value is -1.45. The number of ether oxygens (including phenoxy) is 1. The third-order valence-corrected chi connectivity index (χ3v) is 3.38. The maximum absolute atomic E-state index is 5.84. The van der Waals surface area contributed by atoms with Gasteiger partial charge in [0.1, 0.15) is 6.10 Å². The quantitative estimate of drug-likeness (QED) is 0.834. The van der Waals surface area contributed by atoms with E-state index in [1.54, 1.807) is 0 Å². The molecule has 1 aliphatic rings. The van der Waals surface area contributed by atoms with Crippen LogP contribution in [-0.2, 0) is 4.74 Å². The molecule has 2 aromatic rings. The van der Waals surface area contributed by atoms with Crippen molar-refractivity contribution in [2.75, 3.05) is 19.7 Å². The minimum Gasteiger partial charge on any atom is -0.371 e. The lowest BCUT2D eigenvalue weighted by Crippen LogP contribution is -2.16. The van der Waals surface area contributed by atoms with Gasteiger partial charge in [0.25, 0.3) is 0 Å². The Morgan fingerprint density at radius 2 is 2.11 bits per heavy atom. The largest absolute Gasteiger partial charge is 0.371 e. The third kappa shape index (κ3) is 2.37. The second kappa shape index (κ2) is 5.04. The van der Waals surface area contributed by atoms with Crippen LogP contribution in [0.15, 0.2) is 30.3 Å². The molecule has 0 spiro atoms. The molecule has 1 aromatic heterocycles. The number of fused-ring (bicyclic) bond motifs is 1. The van der Waals surface area contributed by atoms with Crippen LogP contribution in [0.1, 0.15) is 23.8 Å². The van der Waals surface area contributed by atoms with Gasteiger partial charge in [0.2, 0.25) is 0 Å². The average Bonchev–Trinajstić information content (AvgIpc) is 2.66. The van der Waals surface area contributed by atoms with E-state index in [0.29, 0.717) is 0 Å². The van der Waals surface area contributed by atoms with Crippen molar-refractivity contribution in [3.63, 3.8) is 0 Å². The molecule has 2 heterocycles. The summed E-state index contributed by atoms with van der Waals surface area (Å²) in [6.07, 6.45) is 1.12. The van der Waals surface area contributed by atoms with Crippen molar-refractivity contribution in [2.24, 2.45) is 0 Å². The molecule has 18 heavy (non-hydrogen) atoms. The molecule has 3 heteroatoms. The SMILES string of the molecule is Cc1ccc2ccc(C3CCNCCO3)nc2c1. The van der Waals surface area contributed by atoms with E-state index in [4.69, 9.17) is 9.72 Å². The highest BCUT2D eigenvalue weighted by molar-refractivity contribution is 5.79. The molecule has 0 bridgehead atoms. The van der Waals surface area contributed by atoms with Crippen molar-refractivity contribution >= 4 is 10.9 Å². The van der Waals surface area contributed by atoms with Crippen molar-refractivity contribution in [3.05, 3.63) is 41.6 Å². The fraction of sp³-hybridized carbons (Fsp3) is 0.400. The van der Waals surface area contributed by atoms with Crippen LogP contribution in [0.2, 0.25) is 0 Å². The first-order chi connectivity index (χ1) is 8.83. The number of aryl methyl sites for hydroxylation is 1. The van der Waals surface area contributed by atoms with Gasteiger partial charge >= 0.3 is 0 Å². The number of hydrogen-bond acceptors (Lipinski definition) is 3. The molecule has 1 unspecified atom stereocenters. The van der Waals surface area contributed by atoms with E-state index >= 15 is 0 Å². The Kier molecular flexibility index (Phi) is 3.26. The minimum absolute atomic E-state index is 0.130. The van der Waals surface area contributed by atoms with Crippen molar-refractivity contribution in [3.8, 4) is 0 Å². The van der Waals surface area contributed by atoms with E-state index in [1.165, 1.54) is 10.9 Å². The molecule has 3 nitrogen and oxygen atoms in total. The number of benzene rings is 1. The first-order valence-corrected chi connectivity index (χ1v) is 6.52. The second-order valence-electron chi connectivity index (χ2n) is 4.83. The molecule has 0 aliphatic carbocycles. The van der Waals surface area contributed by atoms with Gasteiger partial charge in [-0.1, -0.05) is 18.2 Å². The van der Waals surface area contributed by atoms with Crippen LogP contribution >= 0.6 is 0 Å². The van der Waals surface area contributed by atoms with Gasteiger partial charge in [0.05, 0.1) is 17.8 Å². The summed E-state index contributed by atoms with van der Waals surface area (Å²) in [5.41, 5.74) is 3.36. The van der Waals surface area contributed by atoms with Crippen LogP contribution in [0.3, 0.4) is 0 Å². The van der Waals surface area contributed by atoms with E-state index in [1.807, 2.05) is 0 Å². The molecule has 1 atom stereocenters. The molecule has 1 fully saturated rings. The van der Waals surface area contributed by atoms with E-state index in [2.05, 4.69) is 42.6 Å². The molecule has 1 N–H and O–H groups in total. The Morgan fingerprint density at radius 1 is 1.22 bits per heavy atom. The Balaban J connectivity index is 1.96. The summed E-state index contributed by atoms with van der Waals surface area (Å²) in [4.78, 5) is 4.75. The summed E-state index contributed by atoms with van der Waals surface area (Å²) in [6, 6.07) is 10.6. The molecule has 3 rings (SSSR count). The normalized spacial score (nSPS) is 20.8. The lowest BCUT2D eigenvalue weighted by molar-refractivity contribution is 0.0616. The van der Waals surface area contributed by atoms with Crippen molar-refractivity contribution < 1.29 is 4.74 Å². The van der Waals surface area contributed by atoms with Gasteiger partial charge in [-0.15, -0.1) is 0 Å². The second-order valence-corrected chi connectivity index (χ2v) is 4.83. The molecular formula is C15H18N2O. The van der Waals surface area contributed by atoms with Crippen LogP contribution in [0.4, 0.5) is 0 Å². The Labute approximate surface area is 107 Å². The third-order valence-electron chi connectivity index (χ3n) is 3.38. The van der Waals surface area contributed by atoms with Crippen molar-refractivity contribution in [2.45, 2.75) is 19.4 Å². The average molecular weight is 242 g/mol. The number of aromatic nitrogens is 1. The lowest BCUT2D eigenvalue weighted by Gasteiger charge is -2.14. The zero-order chi connectivity index (χ0) is 12.4. The van der Waals surface area contributed by atoms with Gasteiger partial charge in [-0.05, 0) is 37.6 Å². The predicted molar refractivity (Wildman–Crippen MR) is 72.7 cm³/mol. The number of nitrogens with one attached hydrogen (secondary N) is 1. The number of nitrogens with zero attached hydrogens (tertiary/aromatic N) is 1. The molecule has 1 aliphatic heterocycles. The maximum Gasteiger partial charge on any atom is 0.101 e. The van der Waals surface area contributed by atoms with Crippen LogP contribution < -0.4 is 5.32 Å². The zero-order valence-electron chi connectivity index (χ0n) is 10.6. The van der Waals surface area contributed by atoms with Gasteiger partial charge in [-0.25, -0.2) is 0 Å². The zero-order valence-corrected chi connectivity index (χ0v) is 10.6. The molecular weight excluding hydrogens is 224 g/mol. The molecule has 0 amide bonds. The van der Waals surface area contributed by atoms with Crippen LogP contribution in [0, 0.1) is 6.92 Å². The summed E-state index contributed by atoms with van der Waals surface area (Å²) >= 11 is 0. The fourth-order valence-corrected chi connectivity index (χ4v) is 2.37. The summed E-state index contributed by atoms with van der Waals surface area (Å²) in [5.74, 6) is 0. The van der Waals surface area contributed by atoms with Gasteiger partial charge in [0.15, 0.2) is 0 Å². The van der Waals surface area contributed by atoms with E-state index in [-0.39, 0.29) is 6.10 Å². The summed E-state index contributed by atoms with van der Waals surface area (Å²) in [6.45, 7) is 4.79. The van der Waals surface area contributed by atoms with Gasteiger partial charge < -0.3 is 10.1 Å². The number of hydrogen-bond donors (Lipinski definition) is 1. The van der Waals surface area contributed by atoms with E-state index in [0.717, 1.165) is 37.3 Å². The summed E-state index contributed by atoms with van der Waals surface area (Å²) < 4.78 is 5.84. The van der Waals surface area contributed by atoms with E-state index < -0.39 is 0 Å². The number of rotatable bonds is 1. The summed E-state index contributed by atoms with van der Waals surface area (Å²) in [5, 5.41) is 4.53. The minimum atomic E-state index is 0.130. The molecule has 0 radical (unpaired) electrons. The smallest absolute Gasteiger partial charge is 0.101 e. The molecule has 94 valence electrons. The number of pyridine rings is 1. The van der Waals surface area contributed by atoms with Gasteiger partial charge in [0, 0.05) is 11.9 Å². The Morgan fingerprint density at radius 3 is 3.06 bits per heavy atom. The predicted octanol–water partition coefficient (Wildman–Crippen LogP) is 2.59. The fourth-order valence-electron chi connectivity index (χ4n) is 2.37. The molecule has 0 saturated carbocycles. The standard InChI is InChI=1S/C15H18N2O/c1-11-2-3-12-4-5-13(17-14(12)10-11)15-6-7-16-8-9-18-15/h2-5,10,15-16H,6-9H2,1H3. The topological polar surface area (TPSA) is 34.1 Å². The molecule has 1 aromatic carbocycles. The summed E-state index contributed by atoms with van der Waals surface area (Å²) in [7, 11) is 0. The highest BCUT2D eigenvalue weighted by Crippen LogP contribution is 2.23. The molecule has 1 saturated heterocycles. The monoisotopic (exact) mass is 242 g/mol. The van der Waals surface area contributed by atoms with Crippen LogP contribution in [0.5, 0.6) is 0 Å².